The molecule has 0 amide bonds. The summed E-state index contributed by atoms with van der Waals surface area (Å²) >= 11 is 0. The molecule has 3 heterocycles. The van der Waals surface area contributed by atoms with Gasteiger partial charge in [-0.25, -0.2) is 14.8 Å². The van der Waals surface area contributed by atoms with E-state index in [-0.39, 0.29) is 5.92 Å². The standard InChI is InChI=1S/C42H44N6O2/c1-40(26-10-18-30(19-11-26)45(2)3,27-12-20-31(21-13-27)46(4)5)37-34-36-41(28-14-22-32(23-15-28)47(6)7,29-16-24-33(25-17-29)48(8)9)42(36)38(43-34)35(44-37)39(49)50-42/h10-25,36H,1-9H3. The first-order valence-corrected chi connectivity index (χ1v) is 17.1. The number of nitrogens with zero attached hydrogens (tertiary/aromatic N) is 6. The molecule has 8 nitrogen and oxygen atoms in total. The number of hydrogen-bond donors (Lipinski definition) is 0. The summed E-state index contributed by atoms with van der Waals surface area (Å²) in [6.07, 6.45) is 0. The van der Waals surface area contributed by atoms with Crippen LogP contribution in [0.15, 0.2) is 97.1 Å². The largest absolute Gasteiger partial charge is 0.446 e. The maximum absolute atomic E-state index is 14.0. The van der Waals surface area contributed by atoms with Crippen molar-refractivity contribution < 1.29 is 9.53 Å². The van der Waals surface area contributed by atoms with Crippen molar-refractivity contribution >= 4 is 28.7 Å². The molecule has 8 rings (SSSR count). The molecule has 3 aliphatic rings. The van der Waals surface area contributed by atoms with Crippen molar-refractivity contribution in [1.29, 1.82) is 0 Å². The lowest BCUT2D eigenvalue weighted by molar-refractivity contribution is 0.0248. The molecule has 8 heteroatoms. The third-order valence-electron chi connectivity index (χ3n) is 11.4. The van der Waals surface area contributed by atoms with Crippen LogP contribution in [0.5, 0.6) is 0 Å². The predicted octanol–water partition coefficient (Wildman–Crippen LogP) is 6.56. The van der Waals surface area contributed by atoms with E-state index in [4.69, 9.17) is 14.7 Å². The third kappa shape index (κ3) is 4.08. The van der Waals surface area contributed by atoms with Crippen LogP contribution < -0.4 is 19.6 Å². The quantitative estimate of drug-likeness (QED) is 0.164. The molecule has 0 N–H and O–H groups in total. The summed E-state index contributed by atoms with van der Waals surface area (Å²) in [7, 11) is 16.4. The van der Waals surface area contributed by atoms with Gasteiger partial charge in [-0.2, -0.15) is 0 Å². The molecule has 5 aromatic rings. The van der Waals surface area contributed by atoms with Crippen LogP contribution in [0.4, 0.5) is 22.7 Å². The lowest BCUT2D eigenvalue weighted by atomic mass is 9.71. The van der Waals surface area contributed by atoms with Crippen LogP contribution in [-0.2, 0) is 21.2 Å². The van der Waals surface area contributed by atoms with Crippen LogP contribution >= 0.6 is 0 Å². The minimum atomic E-state index is -0.969. The summed E-state index contributed by atoms with van der Waals surface area (Å²) in [5, 5.41) is 0. The minimum absolute atomic E-state index is 0.246. The van der Waals surface area contributed by atoms with Crippen molar-refractivity contribution in [2.75, 3.05) is 76.0 Å². The normalized spacial score (nSPS) is 19.1. The Kier molecular flexibility index (Phi) is 6.89. The second-order valence-corrected chi connectivity index (χ2v) is 14.9. The first-order chi connectivity index (χ1) is 23.8. The monoisotopic (exact) mass is 664 g/mol. The van der Waals surface area contributed by atoms with Gasteiger partial charge < -0.3 is 24.3 Å². The van der Waals surface area contributed by atoms with Gasteiger partial charge in [0.1, 0.15) is 5.69 Å². The van der Waals surface area contributed by atoms with E-state index in [0.717, 1.165) is 56.4 Å². The SMILES string of the molecule is CN(C)c1ccc(C(C)(c2ccc(N(C)C)cc2)c2nc3c4nc2C2C4(OC3=O)C2(c2ccc(N(C)C)cc2)c2ccc(N(C)C)cc2)cc1. The Bertz CT molecular complexity index is 2020. The fourth-order valence-corrected chi connectivity index (χ4v) is 8.57. The van der Waals surface area contributed by atoms with Gasteiger partial charge in [0.15, 0.2) is 11.3 Å². The Balaban J connectivity index is 1.38. The molecule has 2 unspecified atom stereocenters. The number of rotatable bonds is 9. The molecule has 4 aromatic carbocycles. The van der Waals surface area contributed by atoms with Crippen LogP contribution in [0.2, 0.25) is 0 Å². The van der Waals surface area contributed by atoms with Crippen LogP contribution in [0, 0.1) is 0 Å². The number of carbonyl (C=O) groups is 1. The third-order valence-corrected chi connectivity index (χ3v) is 11.4. The summed E-state index contributed by atoms with van der Waals surface area (Å²) in [6.45, 7) is 2.22. The zero-order valence-electron chi connectivity index (χ0n) is 30.3. The second kappa shape index (κ2) is 10.8. The Labute approximate surface area is 295 Å². The average Bonchev–Trinajstić information content (AvgIpc) is 3.47. The number of fused-ring (bicyclic) bond motifs is 2. The summed E-state index contributed by atoms with van der Waals surface area (Å²) in [4.78, 5) is 33.0. The van der Waals surface area contributed by atoms with Crippen molar-refractivity contribution in [3.8, 4) is 0 Å². The number of hydrogen-bond acceptors (Lipinski definition) is 8. The molecule has 1 aliphatic carbocycles. The predicted molar refractivity (Wildman–Crippen MR) is 201 cm³/mol. The van der Waals surface area contributed by atoms with Crippen molar-refractivity contribution in [3.63, 3.8) is 0 Å². The van der Waals surface area contributed by atoms with Gasteiger partial charge in [-0.1, -0.05) is 48.5 Å². The van der Waals surface area contributed by atoms with Crippen molar-refractivity contribution in [1.82, 2.24) is 9.97 Å². The Morgan fingerprint density at radius 3 is 1.34 bits per heavy atom. The highest BCUT2D eigenvalue weighted by atomic mass is 16.6. The molecule has 2 aliphatic heterocycles. The molecule has 1 fully saturated rings. The topological polar surface area (TPSA) is 65.0 Å². The van der Waals surface area contributed by atoms with Crippen LogP contribution in [-0.4, -0.2) is 72.3 Å². The van der Waals surface area contributed by atoms with Gasteiger partial charge in [-0.3, -0.25) is 0 Å². The number of aromatic nitrogens is 2. The summed E-state index contributed by atoms with van der Waals surface area (Å²) in [5.74, 6) is -0.653. The maximum atomic E-state index is 14.0. The molecule has 50 heavy (non-hydrogen) atoms. The lowest BCUT2D eigenvalue weighted by Crippen LogP contribution is -2.31. The first-order valence-electron chi connectivity index (χ1n) is 17.1. The van der Waals surface area contributed by atoms with Crippen LogP contribution in [0.25, 0.3) is 0 Å². The smallest absolute Gasteiger partial charge is 0.360 e. The highest BCUT2D eigenvalue weighted by Crippen LogP contribution is 2.82. The first kappa shape index (κ1) is 31.9. The molecule has 2 bridgehead atoms. The van der Waals surface area contributed by atoms with Gasteiger partial charge in [0, 0.05) is 79.1 Å². The van der Waals surface area contributed by atoms with E-state index in [9.17, 15) is 4.79 Å². The highest BCUT2D eigenvalue weighted by molar-refractivity contribution is 5.96. The van der Waals surface area contributed by atoms with Gasteiger partial charge in [0.05, 0.1) is 28.1 Å². The molecule has 1 spiro atoms. The van der Waals surface area contributed by atoms with Crippen molar-refractivity contribution in [3.05, 3.63) is 142 Å². The lowest BCUT2D eigenvalue weighted by Gasteiger charge is -2.33. The zero-order valence-corrected chi connectivity index (χ0v) is 30.3. The van der Waals surface area contributed by atoms with Crippen molar-refractivity contribution in [2.24, 2.45) is 0 Å². The fraction of sp³-hybridized carbons (Fsp3) is 0.310. The van der Waals surface area contributed by atoms with E-state index in [1.54, 1.807) is 0 Å². The molecular formula is C42H44N6O2. The number of anilines is 4. The van der Waals surface area contributed by atoms with Gasteiger partial charge in [0.25, 0.3) is 0 Å². The van der Waals surface area contributed by atoms with Gasteiger partial charge in [-0.05, 0) is 77.7 Å². The molecule has 254 valence electrons. The van der Waals surface area contributed by atoms with E-state index in [2.05, 4.69) is 124 Å². The summed E-state index contributed by atoms with van der Waals surface area (Å²) in [6, 6.07) is 34.7. The Morgan fingerprint density at radius 1 is 0.580 bits per heavy atom. The van der Waals surface area contributed by atoms with E-state index in [1.807, 2.05) is 56.4 Å². The van der Waals surface area contributed by atoms with E-state index >= 15 is 0 Å². The van der Waals surface area contributed by atoms with Crippen LogP contribution in [0.3, 0.4) is 0 Å². The molecule has 2 atom stereocenters. The fourth-order valence-electron chi connectivity index (χ4n) is 8.57. The molecule has 0 radical (unpaired) electrons. The van der Waals surface area contributed by atoms with E-state index < -0.39 is 22.4 Å². The van der Waals surface area contributed by atoms with Gasteiger partial charge in [-0.15, -0.1) is 0 Å². The molecule has 1 aromatic heterocycles. The van der Waals surface area contributed by atoms with Gasteiger partial charge >= 0.3 is 5.97 Å². The minimum Gasteiger partial charge on any atom is -0.446 e. The van der Waals surface area contributed by atoms with E-state index in [1.165, 1.54) is 0 Å². The summed E-state index contributed by atoms with van der Waals surface area (Å²) in [5.41, 5.74) is 9.08. The zero-order chi connectivity index (χ0) is 35.3. The Morgan fingerprint density at radius 2 is 0.960 bits per heavy atom. The number of benzene rings is 4. The van der Waals surface area contributed by atoms with Crippen LogP contribution in [0.1, 0.15) is 62.7 Å². The number of ether oxygens (including phenoxy) is 1. The van der Waals surface area contributed by atoms with Crippen molar-refractivity contribution in [2.45, 2.75) is 29.3 Å². The van der Waals surface area contributed by atoms with E-state index in [0.29, 0.717) is 11.4 Å². The second-order valence-electron chi connectivity index (χ2n) is 14.9. The highest BCUT2D eigenvalue weighted by Gasteiger charge is 2.89. The molecular weight excluding hydrogens is 621 g/mol. The number of esters is 1. The Hall–Kier alpha value is -5.37. The summed E-state index contributed by atoms with van der Waals surface area (Å²) < 4.78 is 6.55. The number of carbonyl (C=O) groups excluding carboxylic acids is 1. The molecule has 1 saturated carbocycles. The van der Waals surface area contributed by atoms with Gasteiger partial charge in [0.2, 0.25) is 0 Å². The molecule has 0 saturated heterocycles. The average molecular weight is 665 g/mol. The maximum Gasteiger partial charge on any atom is 0.360 e.